The highest BCUT2D eigenvalue weighted by Crippen LogP contribution is 2.49. The third kappa shape index (κ3) is 3.60. The Labute approximate surface area is 164 Å². The van der Waals surface area contributed by atoms with Crippen LogP contribution in [-0.2, 0) is 4.74 Å². The number of allylic oxidation sites excluding steroid dienone is 2. The summed E-state index contributed by atoms with van der Waals surface area (Å²) in [6.45, 7) is 1.02. The Hall–Kier alpha value is -2.30. The second-order valence-corrected chi connectivity index (χ2v) is 7.51. The summed E-state index contributed by atoms with van der Waals surface area (Å²) in [5.74, 6) is 0.687. The molecule has 1 aliphatic heterocycles. The molecule has 1 amide bonds. The highest BCUT2D eigenvalue weighted by Gasteiger charge is 2.38. The number of carbonyl (C=O) groups is 1. The molecule has 2 N–H and O–H groups in total. The first-order valence-electron chi connectivity index (χ1n) is 9.27. The summed E-state index contributed by atoms with van der Waals surface area (Å²) in [4.78, 5) is 12.4. The van der Waals surface area contributed by atoms with Crippen molar-refractivity contribution < 1.29 is 9.53 Å². The Kier molecular flexibility index (Phi) is 5.19. The molecule has 4 rings (SSSR count). The SMILES string of the molecule is COCCNC(=O)c1ccc2c(c1)C1C=CCC1C(c1ccc(Cl)cc1)N2. The lowest BCUT2D eigenvalue weighted by molar-refractivity contribution is 0.0937. The lowest BCUT2D eigenvalue weighted by atomic mass is 9.76. The van der Waals surface area contributed by atoms with Crippen molar-refractivity contribution >= 4 is 23.2 Å². The molecule has 27 heavy (non-hydrogen) atoms. The van der Waals surface area contributed by atoms with Gasteiger partial charge in [0.1, 0.15) is 0 Å². The van der Waals surface area contributed by atoms with Gasteiger partial charge >= 0.3 is 0 Å². The summed E-state index contributed by atoms with van der Waals surface area (Å²) in [6.07, 6.45) is 5.55. The molecule has 5 heteroatoms. The first-order valence-corrected chi connectivity index (χ1v) is 9.65. The number of halogens is 1. The minimum Gasteiger partial charge on any atom is -0.383 e. The zero-order valence-electron chi connectivity index (χ0n) is 15.2. The number of benzene rings is 2. The monoisotopic (exact) mass is 382 g/mol. The van der Waals surface area contributed by atoms with Crippen LogP contribution >= 0.6 is 11.6 Å². The number of anilines is 1. The maximum atomic E-state index is 12.4. The predicted molar refractivity (Wildman–Crippen MR) is 108 cm³/mol. The molecule has 0 saturated carbocycles. The summed E-state index contributed by atoms with van der Waals surface area (Å²) in [5, 5.41) is 7.33. The summed E-state index contributed by atoms with van der Waals surface area (Å²) in [5.41, 5.74) is 4.22. The summed E-state index contributed by atoms with van der Waals surface area (Å²) in [7, 11) is 1.63. The van der Waals surface area contributed by atoms with Gasteiger partial charge in [-0.3, -0.25) is 4.79 Å². The summed E-state index contributed by atoms with van der Waals surface area (Å²) < 4.78 is 4.99. The number of ether oxygens (including phenoxy) is 1. The lowest BCUT2D eigenvalue weighted by Crippen LogP contribution is -2.30. The number of hydrogen-bond acceptors (Lipinski definition) is 3. The van der Waals surface area contributed by atoms with Crippen molar-refractivity contribution in [3.8, 4) is 0 Å². The molecule has 2 aromatic rings. The zero-order chi connectivity index (χ0) is 18.8. The number of nitrogens with one attached hydrogen (secondary N) is 2. The number of fused-ring (bicyclic) bond motifs is 3. The van der Waals surface area contributed by atoms with Gasteiger partial charge in [0, 0.05) is 35.8 Å². The Balaban J connectivity index is 1.61. The first-order chi connectivity index (χ1) is 13.2. The standard InChI is InChI=1S/C22H23ClN2O2/c1-27-12-11-24-22(26)15-7-10-20-19(13-15)17-3-2-4-18(17)21(25-20)14-5-8-16(23)9-6-14/h2-3,5-10,13,17-18,21,25H,4,11-12H2,1H3,(H,24,26). The van der Waals surface area contributed by atoms with E-state index in [1.54, 1.807) is 7.11 Å². The fraction of sp³-hybridized carbons (Fsp3) is 0.318. The van der Waals surface area contributed by atoms with Crippen molar-refractivity contribution in [2.24, 2.45) is 5.92 Å². The van der Waals surface area contributed by atoms with Crippen molar-refractivity contribution in [1.82, 2.24) is 5.32 Å². The Morgan fingerprint density at radius 2 is 2.07 bits per heavy atom. The second-order valence-electron chi connectivity index (χ2n) is 7.08. The number of rotatable bonds is 5. The Bertz CT molecular complexity index is 863. The maximum absolute atomic E-state index is 12.4. The smallest absolute Gasteiger partial charge is 0.251 e. The van der Waals surface area contributed by atoms with Gasteiger partial charge in [-0.15, -0.1) is 0 Å². The quantitative estimate of drug-likeness (QED) is 0.589. The minimum absolute atomic E-state index is 0.0619. The largest absolute Gasteiger partial charge is 0.383 e. The van der Waals surface area contributed by atoms with Gasteiger partial charge < -0.3 is 15.4 Å². The summed E-state index contributed by atoms with van der Waals surface area (Å²) >= 11 is 6.06. The first kappa shape index (κ1) is 18.1. The molecule has 1 aliphatic carbocycles. The highest BCUT2D eigenvalue weighted by molar-refractivity contribution is 6.30. The van der Waals surface area contributed by atoms with Gasteiger partial charge in [-0.1, -0.05) is 35.9 Å². The molecule has 0 spiro atoms. The molecule has 0 saturated heterocycles. The molecule has 3 unspecified atom stereocenters. The van der Waals surface area contributed by atoms with Gasteiger partial charge in [-0.25, -0.2) is 0 Å². The highest BCUT2D eigenvalue weighted by atomic mass is 35.5. The van der Waals surface area contributed by atoms with Gasteiger partial charge in [0.05, 0.1) is 12.6 Å². The summed E-state index contributed by atoms with van der Waals surface area (Å²) in [6, 6.07) is 14.2. The third-order valence-electron chi connectivity index (χ3n) is 5.45. The number of methoxy groups -OCH3 is 1. The van der Waals surface area contributed by atoms with Gasteiger partial charge in [-0.05, 0) is 53.8 Å². The molecule has 1 heterocycles. The fourth-order valence-electron chi connectivity index (χ4n) is 4.10. The van der Waals surface area contributed by atoms with Crippen LogP contribution in [0.2, 0.25) is 5.02 Å². The van der Waals surface area contributed by atoms with Crippen LogP contribution in [-0.4, -0.2) is 26.2 Å². The molecule has 3 atom stereocenters. The van der Waals surface area contributed by atoms with Gasteiger partial charge in [0.2, 0.25) is 0 Å². The molecule has 0 radical (unpaired) electrons. The van der Waals surface area contributed by atoms with Crippen molar-refractivity contribution in [2.45, 2.75) is 18.4 Å². The van der Waals surface area contributed by atoms with E-state index >= 15 is 0 Å². The number of carbonyl (C=O) groups excluding carboxylic acids is 1. The number of hydrogen-bond donors (Lipinski definition) is 2. The molecular formula is C22H23ClN2O2. The topological polar surface area (TPSA) is 50.4 Å². The Morgan fingerprint density at radius 3 is 2.85 bits per heavy atom. The van der Waals surface area contributed by atoms with E-state index in [4.69, 9.17) is 16.3 Å². The van der Waals surface area contributed by atoms with E-state index in [9.17, 15) is 4.79 Å². The predicted octanol–water partition coefficient (Wildman–Crippen LogP) is 4.54. The average molecular weight is 383 g/mol. The molecule has 4 nitrogen and oxygen atoms in total. The minimum atomic E-state index is -0.0619. The molecule has 0 fully saturated rings. The van der Waals surface area contributed by atoms with Crippen molar-refractivity contribution in [3.63, 3.8) is 0 Å². The van der Waals surface area contributed by atoms with Crippen LogP contribution in [0.25, 0.3) is 0 Å². The van der Waals surface area contributed by atoms with E-state index < -0.39 is 0 Å². The molecule has 2 aromatic carbocycles. The van der Waals surface area contributed by atoms with Crippen molar-refractivity contribution in [3.05, 3.63) is 76.3 Å². The molecule has 0 bridgehead atoms. The van der Waals surface area contributed by atoms with Crippen LogP contribution < -0.4 is 10.6 Å². The number of amides is 1. The van der Waals surface area contributed by atoms with Crippen LogP contribution in [0.15, 0.2) is 54.6 Å². The lowest BCUT2D eigenvalue weighted by Gasteiger charge is -2.37. The molecule has 0 aromatic heterocycles. The second kappa shape index (κ2) is 7.75. The van der Waals surface area contributed by atoms with Gasteiger partial charge in [0.25, 0.3) is 5.91 Å². The third-order valence-corrected chi connectivity index (χ3v) is 5.70. The van der Waals surface area contributed by atoms with Crippen LogP contribution in [0.3, 0.4) is 0 Å². The van der Waals surface area contributed by atoms with Crippen molar-refractivity contribution in [2.75, 3.05) is 25.6 Å². The van der Waals surface area contributed by atoms with E-state index in [1.165, 1.54) is 11.1 Å². The fourth-order valence-corrected chi connectivity index (χ4v) is 4.23. The Morgan fingerprint density at radius 1 is 1.26 bits per heavy atom. The maximum Gasteiger partial charge on any atom is 0.251 e. The van der Waals surface area contributed by atoms with E-state index in [0.717, 1.165) is 17.1 Å². The normalized spacial score (nSPS) is 22.7. The van der Waals surface area contributed by atoms with Crippen LogP contribution in [0.1, 0.15) is 39.9 Å². The molecule has 2 aliphatic rings. The van der Waals surface area contributed by atoms with Gasteiger partial charge in [0.15, 0.2) is 0 Å². The van der Waals surface area contributed by atoms with E-state index in [2.05, 4.69) is 34.9 Å². The van der Waals surface area contributed by atoms with E-state index in [-0.39, 0.29) is 11.9 Å². The van der Waals surface area contributed by atoms with Crippen LogP contribution in [0.5, 0.6) is 0 Å². The van der Waals surface area contributed by atoms with Crippen LogP contribution in [0, 0.1) is 5.92 Å². The van der Waals surface area contributed by atoms with Crippen molar-refractivity contribution in [1.29, 1.82) is 0 Å². The van der Waals surface area contributed by atoms with E-state index in [0.29, 0.717) is 30.6 Å². The van der Waals surface area contributed by atoms with Gasteiger partial charge in [-0.2, -0.15) is 0 Å². The van der Waals surface area contributed by atoms with Crippen LogP contribution in [0.4, 0.5) is 5.69 Å². The average Bonchev–Trinajstić information content (AvgIpc) is 3.18. The van der Waals surface area contributed by atoms with E-state index in [1.807, 2.05) is 30.3 Å². The molecular weight excluding hydrogens is 360 g/mol. The molecule has 140 valence electrons. The zero-order valence-corrected chi connectivity index (χ0v) is 16.0.